The van der Waals surface area contributed by atoms with Gasteiger partial charge < -0.3 is 25.6 Å². The van der Waals surface area contributed by atoms with Crippen molar-refractivity contribution in [1.82, 2.24) is 29.8 Å². The van der Waals surface area contributed by atoms with Crippen molar-refractivity contribution >= 4 is 50.4 Å². The van der Waals surface area contributed by atoms with E-state index in [1.54, 1.807) is 19.2 Å². The second-order valence-corrected chi connectivity index (χ2v) is 9.77. The van der Waals surface area contributed by atoms with Gasteiger partial charge in [0.1, 0.15) is 12.2 Å². The smallest absolute Gasteiger partial charge is 0.252 e. The fourth-order valence-electron chi connectivity index (χ4n) is 4.10. The molecule has 4 N–H and O–H groups in total. The molecule has 0 unspecified atom stereocenters. The molecule has 37 heavy (non-hydrogen) atoms. The first-order chi connectivity index (χ1) is 17.9. The van der Waals surface area contributed by atoms with E-state index < -0.39 is 30.4 Å². The Balaban J connectivity index is 1.56. The number of imidazole rings is 1. The Kier molecular flexibility index (Phi) is 7.36. The largest absolute Gasteiger partial charge is 0.387 e. The number of rotatable bonds is 7. The summed E-state index contributed by atoms with van der Waals surface area (Å²) in [6.07, 6.45) is -0.649. The number of aromatic nitrogens is 5. The minimum Gasteiger partial charge on any atom is -0.387 e. The number of hydrogen-bond donors (Lipinski definition) is 4. The molecule has 0 aliphatic carbocycles. The molecule has 13 heteroatoms. The molecule has 0 saturated carbocycles. The predicted octanol–water partition coefficient (Wildman–Crippen LogP) is 2.67. The molecule has 0 spiro atoms. The maximum atomic E-state index is 12.4. The summed E-state index contributed by atoms with van der Waals surface area (Å²) in [6, 6.07) is 9.52. The monoisotopic (exact) mass is 587 g/mol. The van der Waals surface area contributed by atoms with Crippen molar-refractivity contribution in [2.24, 2.45) is 0 Å². The maximum absolute atomic E-state index is 12.4. The quantitative estimate of drug-likeness (QED) is 0.256. The first kappa shape index (κ1) is 25.5. The summed E-state index contributed by atoms with van der Waals surface area (Å²) < 4.78 is 8.22. The van der Waals surface area contributed by atoms with Gasteiger partial charge in [0.15, 0.2) is 35.1 Å². The van der Waals surface area contributed by atoms with Gasteiger partial charge in [0.05, 0.1) is 11.3 Å². The van der Waals surface area contributed by atoms with E-state index in [-0.39, 0.29) is 0 Å². The number of nitrogens with one attached hydrogen (secondary N) is 2. The van der Waals surface area contributed by atoms with Crippen LogP contribution in [-0.4, -0.2) is 65.5 Å². The number of anilines is 1. The maximum Gasteiger partial charge on any atom is 0.252 e. The minimum atomic E-state index is -1.43. The average molecular weight is 589 g/mol. The van der Waals surface area contributed by atoms with Crippen LogP contribution in [0.3, 0.4) is 0 Å². The summed E-state index contributed by atoms with van der Waals surface area (Å²) >= 11 is 9.63. The molecule has 1 saturated heterocycles. The molecule has 3 aromatic heterocycles. The van der Waals surface area contributed by atoms with Crippen molar-refractivity contribution in [2.45, 2.75) is 38.0 Å². The normalized spacial score (nSPS) is 21.3. The molecule has 4 atom stereocenters. The Labute approximate surface area is 225 Å². The van der Waals surface area contributed by atoms with Gasteiger partial charge in [-0.1, -0.05) is 39.7 Å². The lowest BCUT2D eigenvalue weighted by molar-refractivity contribution is -0.137. The standard InChI is InChI=1S/C24H23BrClN7O4/c1-2-28-23(36)19-17(34)18(35)24(37-19)33-11-30-16-21(29-8-12-4-3-5-14(25)6-12)31-20(32-22(16)33)13-7-15(26)10-27-9-13/h3-7,9-11,17-19,24,34-35H,2,8H2,1H3,(H,28,36)(H,29,31,32)/t17-,18+,19-,24+/m0/s1. The van der Waals surface area contributed by atoms with Crippen molar-refractivity contribution in [1.29, 1.82) is 0 Å². The zero-order valence-corrected chi connectivity index (χ0v) is 21.9. The summed E-state index contributed by atoms with van der Waals surface area (Å²) in [5.74, 6) is 0.235. The Morgan fingerprint density at radius 2 is 2.05 bits per heavy atom. The molecule has 1 aliphatic rings. The van der Waals surface area contributed by atoms with Crippen LogP contribution in [0.15, 0.2) is 53.5 Å². The number of nitrogens with zero attached hydrogens (tertiary/aromatic N) is 5. The highest BCUT2D eigenvalue weighted by Gasteiger charge is 2.47. The van der Waals surface area contributed by atoms with E-state index in [4.69, 9.17) is 16.3 Å². The molecule has 1 aromatic carbocycles. The van der Waals surface area contributed by atoms with Gasteiger partial charge in [-0.2, -0.15) is 0 Å². The molecule has 4 heterocycles. The van der Waals surface area contributed by atoms with Gasteiger partial charge in [0, 0.05) is 35.5 Å². The van der Waals surface area contributed by atoms with E-state index in [1.165, 1.54) is 17.1 Å². The molecule has 0 bridgehead atoms. The fourth-order valence-corrected chi connectivity index (χ4v) is 4.72. The Morgan fingerprint density at radius 3 is 2.81 bits per heavy atom. The summed E-state index contributed by atoms with van der Waals surface area (Å²) in [5.41, 5.74) is 2.32. The van der Waals surface area contributed by atoms with Gasteiger partial charge in [-0.05, 0) is 30.7 Å². The SMILES string of the molecule is CCNC(=O)[C@H]1O[C@@H](n2cnc3c(NCc4cccc(Br)c4)nc(-c4cncc(Cl)c4)nc32)[C@H](O)[C@@H]1O. The van der Waals surface area contributed by atoms with Gasteiger partial charge in [-0.3, -0.25) is 14.3 Å². The Bertz CT molecular complexity index is 1450. The number of pyridine rings is 1. The number of hydrogen-bond acceptors (Lipinski definition) is 9. The molecule has 192 valence electrons. The van der Waals surface area contributed by atoms with E-state index in [9.17, 15) is 15.0 Å². The van der Waals surface area contributed by atoms with E-state index in [0.717, 1.165) is 10.0 Å². The van der Waals surface area contributed by atoms with Gasteiger partial charge >= 0.3 is 0 Å². The zero-order valence-electron chi connectivity index (χ0n) is 19.5. The molecule has 5 rings (SSSR count). The van der Waals surface area contributed by atoms with Crippen LogP contribution < -0.4 is 10.6 Å². The van der Waals surface area contributed by atoms with Crippen LogP contribution in [0, 0.1) is 0 Å². The fraction of sp³-hybridized carbons (Fsp3) is 0.292. The lowest BCUT2D eigenvalue weighted by Gasteiger charge is -2.17. The second-order valence-electron chi connectivity index (χ2n) is 8.42. The molecule has 0 radical (unpaired) electrons. The lowest BCUT2D eigenvalue weighted by Crippen LogP contribution is -2.42. The van der Waals surface area contributed by atoms with E-state index in [0.29, 0.717) is 46.5 Å². The number of carbonyl (C=O) groups is 1. The van der Waals surface area contributed by atoms with Crippen LogP contribution in [0.1, 0.15) is 18.7 Å². The van der Waals surface area contributed by atoms with Crippen molar-refractivity contribution in [3.8, 4) is 11.4 Å². The van der Waals surface area contributed by atoms with Crippen molar-refractivity contribution in [3.63, 3.8) is 0 Å². The number of fused-ring (bicyclic) bond motifs is 1. The number of benzene rings is 1. The third kappa shape index (κ3) is 5.15. The number of carbonyl (C=O) groups excluding carboxylic acids is 1. The van der Waals surface area contributed by atoms with Crippen LogP contribution in [0.2, 0.25) is 5.02 Å². The molecular weight excluding hydrogens is 566 g/mol. The zero-order chi connectivity index (χ0) is 26.1. The van der Waals surface area contributed by atoms with Crippen LogP contribution in [-0.2, 0) is 16.1 Å². The average Bonchev–Trinajstić information content (AvgIpc) is 3.43. The lowest BCUT2D eigenvalue weighted by atomic mass is 10.1. The Morgan fingerprint density at radius 1 is 1.22 bits per heavy atom. The first-order valence-electron chi connectivity index (χ1n) is 11.5. The number of likely N-dealkylation sites (N-methyl/N-ethyl adjacent to an activating group) is 1. The van der Waals surface area contributed by atoms with Crippen LogP contribution in [0.4, 0.5) is 5.82 Å². The highest BCUT2D eigenvalue weighted by Crippen LogP contribution is 2.34. The molecular formula is C24H23BrClN7O4. The summed E-state index contributed by atoms with van der Waals surface area (Å²) in [6.45, 7) is 2.56. The molecule has 1 aliphatic heterocycles. The van der Waals surface area contributed by atoms with Crippen LogP contribution in [0.5, 0.6) is 0 Å². The molecule has 4 aromatic rings. The molecule has 1 fully saturated rings. The van der Waals surface area contributed by atoms with Gasteiger partial charge in [0.25, 0.3) is 5.91 Å². The van der Waals surface area contributed by atoms with Crippen molar-refractivity contribution < 1.29 is 19.7 Å². The van der Waals surface area contributed by atoms with E-state index >= 15 is 0 Å². The van der Waals surface area contributed by atoms with Crippen LogP contribution >= 0.6 is 27.5 Å². The minimum absolute atomic E-state index is 0.314. The van der Waals surface area contributed by atoms with Crippen molar-refractivity contribution in [2.75, 3.05) is 11.9 Å². The summed E-state index contributed by atoms with van der Waals surface area (Å²) in [7, 11) is 0. The number of ether oxygens (including phenoxy) is 1. The highest BCUT2D eigenvalue weighted by molar-refractivity contribution is 9.10. The highest BCUT2D eigenvalue weighted by atomic mass is 79.9. The van der Waals surface area contributed by atoms with Crippen LogP contribution in [0.25, 0.3) is 22.6 Å². The van der Waals surface area contributed by atoms with Gasteiger partial charge in [0.2, 0.25) is 0 Å². The van der Waals surface area contributed by atoms with Gasteiger partial charge in [-0.25, -0.2) is 15.0 Å². The predicted molar refractivity (Wildman–Crippen MR) is 140 cm³/mol. The second kappa shape index (κ2) is 10.7. The van der Waals surface area contributed by atoms with E-state index in [1.807, 2.05) is 24.3 Å². The number of halogens is 2. The number of amides is 1. The number of aliphatic hydroxyl groups excluding tert-OH is 2. The molecule has 11 nitrogen and oxygen atoms in total. The third-order valence-electron chi connectivity index (χ3n) is 5.86. The first-order valence-corrected chi connectivity index (χ1v) is 12.7. The van der Waals surface area contributed by atoms with E-state index in [2.05, 4.69) is 46.5 Å². The number of aliphatic hydroxyl groups is 2. The van der Waals surface area contributed by atoms with Crippen molar-refractivity contribution in [3.05, 3.63) is 64.1 Å². The van der Waals surface area contributed by atoms with Gasteiger partial charge in [-0.15, -0.1) is 0 Å². The third-order valence-corrected chi connectivity index (χ3v) is 6.56. The summed E-state index contributed by atoms with van der Waals surface area (Å²) in [4.78, 5) is 30.3. The topological polar surface area (TPSA) is 147 Å². The molecule has 1 amide bonds. The Hall–Kier alpha value is -3.16. The summed E-state index contributed by atoms with van der Waals surface area (Å²) in [5, 5.41) is 27.6.